The molecule has 0 aromatic heterocycles. The van der Waals surface area contributed by atoms with Gasteiger partial charge in [-0.05, 0) is 116 Å². The first-order valence-corrected chi connectivity index (χ1v) is 18.7. The van der Waals surface area contributed by atoms with E-state index in [4.69, 9.17) is 14.2 Å². The van der Waals surface area contributed by atoms with Crippen LogP contribution in [0.4, 0.5) is 0 Å². The smallest absolute Gasteiger partial charge is 0.321 e. The third-order valence-corrected chi connectivity index (χ3v) is 14.8. The molecule has 0 saturated heterocycles. The number of fused-ring (bicyclic) bond motifs is 6. The Balaban J connectivity index is 1.07. The number of esters is 1. The Morgan fingerprint density at radius 1 is 1.00 bits per heavy atom. The average molecular weight is 633 g/mol. The maximum atomic E-state index is 12.9. The summed E-state index contributed by atoms with van der Waals surface area (Å²) in [4.78, 5) is 12.7. The van der Waals surface area contributed by atoms with Gasteiger partial charge in [-0.15, -0.1) is 0 Å². The second kappa shape index (κ2) is 12.1. The number of carbonyl (C=O) groups excluding carboxylic acids is 1. The maximum Gasteiger partial charge on any atom is 0.321 e. The normalized spacial score (nSPS) is 40.3. The number of aliphatic hydroxyl groups is 2. The van der Waals surface area contributed by atoms with E-state index >= 15 is 0 Å². The molecule has 8 nitrogen and oxygen atoms in total. The van der Waals surface area contributed by atoms with E-state index in [0.29, 0.717) is 66.6 Å². The summed E-state index contributed by atoms with van der Waals surface area (Å²) in [6.07, 6.45) is 8.36. The van der Waals surface area contributed by atoms with E-state index < -0.39 is 21.6 Å². The van der Waals surface area contributed by atoms with Gasteiger partial charge in [0.15, 0.2) is 27.1 Å². The zero-order valence-corrected chi connectivity index (χ0v) is 27.7. The van der Waals surface area contributed by atoms with Crippen LogP contribution < -0.4 is 9.47 Å². The molecule has 11 atom stereocenters. The van der Waals surface area contributed by atoms with Crippen molar-refractivity contribution in [2.75, 3.05) is 25.6 Å². The van der Waals surface area contributed by atoms with E-state index in [9.17, 15) is 23.4 Å². The van der Waals surface area contributed by atoms with Gasteiger partial charge in [-0.3, -0.25) is 4.79 Å². The fourth-order valence-corrected chi connectivity index (χ4v) is 12.1. The van der Waals surface area contributed by atoms with Crippen LogP contribution >= 0.6 is 0 Å². The summed E-state index contributed by atoms with van der Waals surface area (Å²) in [5, 5.41) is 22.5. The van der Waals surface area contributed by atoms with Gasteiger partial charge in [0.05, 0.1) is 23.7 Å². The Bertz CT molecular complexity index is 1330. The Hall–Kier alpha value is -1.84. The molecular weight excluding hydrogens is 580 g/mol. The van der Waals surface area contributed by atoms with Crippen molar-refractivity contribution in [2.45, 2.75) is 103 Å². The van der Waals surface area contributed by atoms with Gasteiger partial charge in [0.25, 0.3) is 0 Å². The van der Waals surface area contributed by atoms with Gasteiger partial charge in [0, 0.05) is 6.07 Å². The summed E-state index contributed by atoms with van der Waals surface area (Å²) in [6, 6.07) is 4.41. The molecule has 44 heavy (non-hydrogen) atoms. The maximum absolute atomic E-state index is 12.9. The van der Waals surface area contributed by atoms with E-state index in [1.54, 1.807) is 6.07 Å². The number of ether oxygens (including phenoxy) is 3. The molecule has 1 aliphatic heterocycles. The molecule has 4 saturated carbocycles. The van der Waals surface area contributed by atoms with Gasteiger partial charge in [-0.1, -0.05) is 34.1 Å². The lowest BCUT2D eigenvalue weighted by Gasteiger charge is -2.64. The fraction of sp³-hybridized carbons (Fsp3) is 0.800. The van der Waals surface area contributed by atoms with Crippen LogP contribution in [-0.2, 0) is 19.4 Å². The van der Waals surface area contributed by atoms with Gasteiger partial charge in [0.1, 0.15) is 13.2 Å². The zero-order chi connectivity index (χ0) is 31.4. The van der Waals surface area contributed by atoms with Crippen LogP contribution in [0.2, 0.25) is 0 Å². The summed E-state index contributed by atoms with van der Waals surface area (Å²) in [7, 11) is -3.87. The molecular formula is C35H52O8S. The van der Waals surface area contributed by atoms with Crippen molar-refractivity contribution >= 4 is 15.8 Å². The first-order chi connectivity index (χ1) is 20.9. The van der Waals surface area contributed by atoms with Crippen molar-refractivity contribution in [1.29, 1.82) is 0 Å². The van der Waals surface area contributed by atoms with Gasteiger partial charge < -0.3 is 24.4 Å². The molecule has 0 amide bonds. The second-order valence-electron chi connectivity index (χ2n) is 15.2. The van der Waals surface area contributed by atoms with Crippen molar-refractivity contribution in [1.82, 2.24) is 0 Å². The molecule has 6 rings (SSSR count). The molecule has 0 unspecified atom stereocenters. The van der Waals surface area contributed by atoms with Crippen LogP contribution in [0.3, 0.4) is 0 Å². The standard InChI is InChI=1S/C35H52O8S/c1-5-24-28-18-22(36)10-13-35(28,4)27-11-14-34(3)25(7-8-26(34)32(27)33(24)38)21(2)12-15-43-31(37)20-44(39,40)23-6-9-29-30(19-23)42-17-16-41-29/h6,9,19,21-22,24-28,32-33,36,38H,5,7-8,10-18,20H2,1-4H3/t21-,22-,24-,25-,26+,27+,28+,32+,33-,34-,35-/m1/s1. The Labute approximate surface area is 263 Å². The molecule has 9 heteroatoms. The summed E-state index contributed by atoms with van der Waals surface area (Å²) in [5.74, 6) is 2.13. The third-order valence-electron chi connectivity index (χ3n) is 13.2. The molecule has 1 heterocycles. The lowest BCUT2D eigenvalue weighted by molar-refractivity contribution is -0.203. The van der Waals surface area contributed by atoms with E-state index in [-0.39, 0.29) is 40.5 Å². The largest absolute Gasteiger partial charge is 0.486 e. The third kappa shape index (κ3) is 5.46. The number of benzene rings is 1. The number of carbonyl (C=O) groups is 1. The summed E-state index contributed by atoms with van der Waals surface area (Å²) < 4.78 is 42.3. The molecule has 4 aliphatic carbocycles. The van der Waals surface area contributed by atoms with Crippen LogP contribution in [0.5, 0.6) is 11.5 Å². The van der Waals surface area contributed by atoms with Gasteiger partial charge in [-0.25, -0.2) is 8.42 Å². The molecule has 0 spiro atoms. The van der Waals surface area contributed by atoms with Gasteiger partial charge in [-0.2, -0.15) is 0 Å². The lowest BCUT2D eigenvalue weighted by atomic mass is 9.41. The minimum absolute atomic E-state index is 0.0207. The molecule has 0 bridgehead atoms. The second-order valence-corrected chi connectivity index (χ2v) is 17.2. The minimum atomic E-state index is -3.87. The van der Waals surface area contributed by atoms with E-state index in [1.807, 2.05) is 0 Å². The van der Waals surface area contributed by atoms with Crippen molar-refractivity contribution in [3.8, 4) is 11.5 Å². The summed E-state index contributed by atoms with van der Waals surface area (Å²) in [5.41, 5.74) is 0.312. The Kier molecular flexibility index (Phi) is 8.81. The zero-order valence-electron chi connectivity index (χ0n) is 26.9. The van der Waals surface area contributed by atoms with Crippen LogP contribution in [0, 0.1) is 52.3 Å². The van der Waals surface area contributed by atoms with Gasteiger partial charge >= 0.3 is 5.97 Å². The number of sulfone groups is 1. The lowest BCUT2D eigenvalue weighted by Crippen LogP contribution is -2.62. The average Bonchev–Trinajstić information content (AvgIpc) is 3.35. The predicted octanol–water partition coefficient (Wildman–Crippen LogP) is 5.43. The quantitative estimate of drug-likeness (QED) is 0.365. The molecule has 0 radical (unpaired) electrons. The fourth-order valence-electron chi connectivity index (χ4n) is 11.0. The van der Waals surface area contributed by atoms with E-state index in [0.717, 1.165) is 51.4 Å². The Morgan fingerprint density at radius 3 is 2.45 bits per heavy atom. The van der Waals surface area contributed by atoms with Crippen molar-refractivity contribution in [3.63, 3.8) is 0 Å². The SMILES string of the molecule is CC[C@H]1[C@@H](O)[C@@H]2[C@H](CC[C@]3(C)[C@@H]([C@H](C)CCOC(=O)CS(=O)(=O)c4ccc5c(c4)OCCO5)CC[C@@H]23)[C@@]2(C)CC[C@@H](O)C[C@@H]12. The molecule has 1 aromatic rings. The van der Waals surface area contributed by atoms with Crippen LogP contribution in [0.1, 0.15) is 85.5 Å². The van der Waals surface area contributed by atoms with Crippen LogP contribution in [0.15, 0.2) is 23.1 Å². The minimum Gasteiger partial charge on any atom is -0.486 e. The van der Waals surface area contributed by atoms with Crippen LogP contribution in [0.25, 0.3) is 0 Å². The number of rotatable bonds is 8. The van der Waals surface area contributed by atoms with Crippen molar-refractivity contribution in [2.24, 2.45) is 52.3 Å². The van der Waals surface area contributed by atoms with Crippen LogP contribution in [-0.4, -0.2) is 62.4 Å². The predicted molar refractivity (Wildman–Crippen MR) is 166 cm³/mol. The summed E-state index contributed by atoms with van der Waals surface area (Å²) >= 11 is 0. The first-order valence-electron chi connectivity index (χ1n) is 17.0. The van der Waals surface area contributed by atoms with Crippen molar-refractivity contribution < 1.29 is 37.6 Å². The Morgan fingerprint density at radius 2 is 1.70 bits per heavy atom. The number of hydrogen-bond acceptors (Lipinski definition) is 8. The molecule has 1 aromatic carbocycles. The van der Waals surface area contributed by atoms with Crippen molar-refractivity contribution in [3.05, 3.63) is 18.2 Å². The topological polar surface area (TPSA) is 119 Å². The number of hydrogen-bond donors (Lipinski definition) is 2. The molecule has 246 valence electrons. The molecule has 5 aliphatic rings. The molecule has 2 N–H and O–H groups in total. The van der Waals surface area contributed by atoms with Gasteiger partial charge in [0.2, 0.25) is 0 Å². The first kappa shape index (κ1) is 32.1. The number of aliphatic hydroxyl groups excluding tert-OH is 2. The highest BCUT2D eigenvalue weighted by Crippen LogP contribution is 2.69. The highest BCUT2D eigenvalue weighted by molar-refractivity contribution is 7.92. The highest BCUT2D eigenvalue weighted by atomic mass is 32.2. The monoisotopic (exact) mass is 632 g/mol. The summed E-state index contributed by atoms with van der Waals surface area (Å²) in [6.45, 7) is 10.3. The highest BCUT2D eigenvalue weighted by Gasteiger charge is 2.64. The van der Waals surface area contributed by atoms with E-state index in [1.165, 1.54) is 12.1 Å². The van der Waals surface area contributed by atoms with E-state index in [2.05, 4.69) is 27.7 Å². The molecule has 4 fully saturated rings.